The van der Waals surface area contributed by atoms with Gasteiger partial charge in [-0.25, -0.2) is 0 Å². The van der Waals surface area contributed by atoms with Crippen LogP contribution in [0.2, 0.25) is 0 Å². The minimum absolute atomic E-state index is 0.236. The van der Waals surface area contributed by atoms with Crippen LogP contribution >= 0.6 is 0 Å². The molecule has 0 spiro atoms. The van der Waals surface area contributed by atoms with Crippen molar-refractivity contribution in [2.75, 3.05) is 25.5 Å². The first-order chi connectivity index (χ1) is 9.33. The number of amides is 1. The van der Waals surface area contributed by atoms with Crippen LogP contribution in [0.4, 0.5) is 5.69 Å². The first-order valence-corrected chi connectivity index (χ1v) is 7.86. The Balaban J connectivity index is 2.14. The Morgan fingerprint density at radius 2 is 2.00 bits per heavy atom. The molecule has 1 aliphatic heterocycles. The molecule has 0 radical (unpaired) electrons. The van der Waals surface area contributed by atoms with E-state index in [2.05, 4.69) is 4.72 Å². The van der Waals surface area contributed by atoms with E-state index in [1.807, 2.05) is 24.3 Å². The van der Waals surface area contributed by atoms with Gasteiger partial charge in [-0.15, -0.1) is 0 Å². The van der Waals surface area contributed by atoms with Gasteiger partial charge < -0.3 is 4.90 Å². The van der Waals surface area contributed by atoms with E-state index in [4.69, 9.17) is 0 Å². The summed E-state index contributed by atoms with van der Waals surface area (Å²) >= 11 is 0. The minimum Gasteiger partial charge on any atom is -0.310 e. The molecular formula is C13H19N3O3S. The van der Waals surface area contributed by atoms with E-state index in [1.54, 1.807) is 11.8 Å². The lowest BCUT2D eigenvalue weighted by molar-refractivity contribution is -0.119. The Kier molecular flexibility index (Phi) is 4.12. The van der Waals surface area contributed by atoms with Crippen LogP contribution in [0.3, 0.4) is 0 Å². The zero-order valence-electron chi connectivity index (χ0n) is 11.8. The maximum Gasteiger partial charge on any atom is 0.279 e. The molecule has 1 atom stereocenters. The van der Waals surface area contributed by atoms with E-state index < -0.39 is 16.3 Å². The van der Waals surface area contributed by atoms with Gasteiger partial charge in [0, 0.05) is 26.3 Å². The van der Waals surface area contributed by atoms with Crippen molar-refractivity contribution < 1.29 is 13.2 Å². The van der Waals surface area contributed by atoms with Crippen molar-refractivity contribution in [3.63, 3.8) is 0 Å². The van der Waals surface area contributed by atoms with E-state index in [1.165, 1.54) is 14.1 Å². The summed E-state index contributed by atoms with van der Waals surface area (Å²) in [6, 6.07) is 6.88. The topological polar surface area (TPSA) is 69.7 Å². The van der Waals surface area contributed by atoms with Crippen molar-refractivity contribution in [2.45, 2.75) is 19.4 Å². The molecule has 1 aliphatic rings. The second-order valence-corrected chi connectivity index (χ2v) is 6.91. The Morgan fingerprint density at radius 1 is 1.35 bits per heavy atom. The van der Waals surface area contributed by atoms with Gasteiger partial charge in [0.25, 0.3) is 10.2 Å². The van der Waals surface area contributed by atoms with Crippen LogP contribution in [-0.4, -0.2) is 45.3 Å². The largest absolute Gasteiger partial charge is 0.310 e. The lowest BCUT2D eigenvalue weighted by Crippen LogP contribution is -2.49. The molecule has 1 amide bonds. The highest BCUT2D eigenvalue weighted by molar-refractivity contribution is 7.87. The molecule has 0 saturated heterocycles. The van der Waals surface area contributed by atoms with Crippen LogP contribution in [0.15, 0.2) is 24.3 Å². The predicted molar refractivity (Wildman–Crippen MR) is 77.7 cm³/mol. The number of fused-ring (bicyclic) bond motifs is 1. The van der Waals surface area contributed by atoms with Gasteiger partial charge in [-0.2, -0.15) is 17.4 Å². The molecular weight excluding hydrogens is 278 g/mol. The third-order valence-electron chi connectivity index (χ3n) is 3.33. The number of carbonyl (C=O) groups excluding carboxylic acids is 1. The summed E-state index contributed by atoms with van der Waals surface area (Å²) < 4.78 is 26.9. The molecule has 1 N–H and O–H groups in total. The molecule has 1 aromatic rings. The third-order valence-corrected chi connectivity index (χ3v) is 4.94. The summed E-state index contributed by atoms with van der Waals surface area (Å²) in [6.07, 6.45) is 0.801. The monoisotopic (exact) mass is 297 g/mol. The fourth-order valence-corrected chi connectivity index (χ4v) is 2.94. The number of nitrogens with zero attached hydrogens (tertiary/aromatic N) is 2. The zero-order chi connectivity index (χ0) is 14.9. The number of carbonyl (C=O) groups is 1. The summed E-state index contributed by atoms with van der Waals surface area (Å²) in [5.74, 6) is -0.236. The van der Waals surface area contributed by atoms with E-state index >= 15 is 0 Å². The van der Waals surface area contributed by atoms with Crippen LogP contribution in [0.25, 0.3) is 0 Å². The van der Waals surface area contributed by atoms with Gasteiger partial charge in [-0.05, 0) is 25.0 Å². The summed E-state index contributed by atoms with van der Waals surface area (Å²) in [5, 5.41) is 0. The number of para-hydroxylation sites is 1. The molecule has 1 aromatic carbocycles. The molecule has 0 unspecified atom stereocenters. The Morgan fingerprint density at radius 3 is 2.65 bits per heavy atom. The van der Waals surface area contributed by atoms with Gasteiger partial charge in [0.05, 0.1) is 6.04 Å². The van der Waals surface area contributed by atoms with Crippen LogP contribution in [0.5, 0.6) is 0 Å². The van der Waals surface area contributed by atoms with Crippen molar-refractivity contribution in [2.24, 2.45) is 0 Å². The molecule has 110 valence electrons. The molecule has 0 bridgehead atoms. The highest BCUT2D eigenvalue weighted by Gasteiger charge is 2.30. The summed E-state index contributed by atoms with van der Waals surface area (Å²) in [4.78, 5) is 14.0. The normalized spacial score (nSPS) is 16.3. The lowest BCUT2D eigenvalue weighted by Gasteiger charge is -2.23. The van der Waals surface area contributed by atoms with Crippen LogP contribution < -0.4 is 9.62 Å². The smallest absolute Gasteiger partial charge is 0.279 e. The highest BCUT2D eigenvalue weighted by atomic mass is 32.2. The first kappa shape index (κ1) is 15.0. The van der Waals surface area contributed by atoms with Crippen LogP contribution in [0.1, 0.15) is 12.5 Å². The maximum atomic E-state index is 12.4. The van der Waals surface area contributed by atoms with Crippen molar-refractivity contribution in [3.8, 4) is 0 Å². The predicted octanol–water partition coefficient (Wildman–Crippen LogP) is 0.360. The number of anilines is 1. The molecule has 0 aliphatic carbocycles. The standard InChI is InChI=1S/C13H19N3O3S/c1-10(14-20(18,19)15(2)3)13(17)16-9-8-11-6-4-5-7-12(11)16/h4-7,10,14H,8-9H2,1-3H3/t10-/m0/s1. The Bertz CT molecular complexity index is 613. The van der Waals surface area contributed by atoms with Gasteiger partial charge in [0.1, 0.15) is 0 Å². The van der Waals surface area contributed by atoms with Crippen molar-refractivity contribution >= 4 is 21.8 Å². The molecule has 6 nitrogen and oxygen atoms in total. The minimum atomic E-state index is -3.61. The summed E-state index contributed by atoms with van der Waals surface area (Å²) in [7, 11) is -0.771. The number of nitrogens with one attached hydrogen (secondary N) is 1. The van der Waals surface area contributed by atoms with Gasteiger partial charge in [-0.3, -0.25) is 4.79 Å². The lowest BCUT2D eigenvalue weighted by atomic mass is 10.2. The fourth-order valence-electron chi connectivity index (χ4n) is 2.18. The Hall–Kier alpha value is -1.44. The molecule has 0 aromatic heterocycles. The Labute approximate surface area is 119 Å². The quantitative estimate of drug-likeness (QED) is 0.872. The third kappa shape index (κ3) is 2.84. The number of rotatable bonds is 4. The van der Waals surface area contributed by atoms with Crippen molar-refractivity contribution in [1.82, 2.24) is 9.03 Å². The number of hydrogen-bond acceptors (Lipinski definition) is 3. The highest BCUT2D eigenvalue weighted by Crippen LogP contribution is 2.27. The van der Waals surface area contributed by atoms with Crippen LogP contribution in [-0.2, 0) is 21.4 Å². The molecule has 1 heterocycles. The molecule has 0 fully saturated rings. The van der Waals surface area contributed by atoms with E-state index in [0.29, 0.717) is 6.54 Å². The second kappa shape index (κ2) is 5.51. The fraction of sp³-hybridized carbons (Fsp3) is 0.462. The maximum absolute atomic E-state index is 12.4. The van der Waals surface area contributed by atoms with Gasteiger partial charge >= 0.3 is 0 Å². The molecule has 0 saturated carbocycles. The van der Waals surface area contributed by atoms with Gasteiger partial charge in [0.2, 0.25) is 5.91 Å². The molecule has 20 heavy (non-hydrogen) atoms. The molecule has 7 heteroatoms. The number of hydrogen-bond donors (Lipinski definition) is 1. The first-order valence-electron chi connectivity index (χ1n) is 6.42. The van der Waals surface area contributed by atoms with Gasteiger partial charge in [0.15, 0.2) is 0 Å². The SMILES string of the molecule is C[C@H](NS(=O)(=O)N(C)C)C(=O)N1CCc2ccccc21. The van der Waals surface area contributed by atoms with Crippen molar-refractivity contribution in [3.05, 3.63) is 29.8 Å². The average molecular weight is 297 g/mol. The van der Waals surface area contributed by atoms with E-state index in [0.717, 1.165) is 22.0 Å². The zero-order valence-corrected chi connectivity index (χ0v) is 12.6. The van der Waals surface area contributed by atoms with E-state index in [-0.39, 0.29) is 5.91 Å². The second-order valence-electron chi connectivity index (χ2n) is 5.00. The van der Waals surface area contributed by atoms with E-state index in [9.17, 15) is 13.2 Å². The number of benzene rings is 1. The summed E-state index contributed by atoms with van der Waals surface area (Å²) in [6.45, 7) is 2.15. The van der Waals surface area contributed by atoms with Gasteiger partial charge in [-0.1, -0.05) is 18.2 Å². The average Bonchev–Trinajstić information content (AvgIpc) is 2.80. The van der Waals surface area contributed by atoms with Crippen LogP contribution in [0, 0.1) is 0 Å². The molecule has 2 rings (SSSR count). The summed E-state index contributed by atoms with van der Waals surface area (Å²) in [5.41, 5.74) is 1.98. The van der Waals surface area contributed by atoms with Crippen molar-refractivity contribution in [1.29, 1.82) is 0 Å².